The van der Waals surface area contributed by atoms with Gasteiger partial charge in [-0.3, -0.25) is 14.9 Å². The topological polar surface area (TPSA) is 96.7 Å². The van der Waals surface area contributed by atoms with E-state index in [4.69, 9.17) is 5.73 Å². The van der Waals surface area contributed by atoms with Crippen molar-refractivity contribution < 1.29 is 4.79 Å². The largest absolute Gasteiger partial charge is 0.395 e. The molecule has 2 aromatic heterocycles. The molecule has 0 bridgehead atoms. The Kier molecular flexibility index (Phi) is 3.27. The summed E-state index contributed by atoms with van der Waals surface area (Å²) in [7, 11) is 0. The first-order chi connectivity index (χ1) is 8.59. The molecule has 0 aliphatic rings. The average Bonchev–Trinajstić information content (AvgIpc) is 2.71. The van der Waals surface area contributed by atoms with Gasteiger partial charge < -0.3 is 11.1 Å². The van der Waals surface area contributed by atoms with Crippen molar-refractivity contribution in [2.24, 2.45) is 0 Å². The van der Waals surface area contributed by atoms with E-state index in [1.807, 2.05) is 25.1 Å². The quantitative estimate of drug-likeness (QED) is 0.756. The lowest BCUT2D eigenvalue weighted by molar-refractivity contribution is 0.0935. The van der Waals surface area contributed by atoms with Crippen molar-refractivity contribution in [1.82, 2.24) is 20.5 Å². The Morgan fingerprint density at radius 2 is 2.28 bits per heavy atom. The number of amides is 1. The molecule has 94 valence electrons. The standard InChI is InChI=1S/C12H15N5O/c1-7(9-5-3-4-6-14-9)15-12(18)11-10(13)8(2)16-17-11/h3-7H,13H2,1-2H3,(H,15,18)(H,16,17). The van der Waals surface area contributed by atoms with Gasteiger partial charge in [0.2, 0.25) is 0 Å². The summed E-state index contributed by atoms with van der Waals surface area (Å²) < 4.78 is 0. The zero-order chi connectivity index (χ0) is 13.1. The highest BCUT2D eigenvalue weighted by molar-refractivity contribution is 5.97. The van der Waals surface area contributed by atoms with Gasteiger partial charge in [-0.05, 0) is 26.0 Å². The van der Waals surface area contributed by atoms with E-state index in [0.717, 1.165) is 5.69 Å². The number of carbonyl (C=O) groups is 1. The van der Waals surface area contributed by atoms with E-state index >= 15 is 0 Å². The SMILES string of the molecule is Cc1[nH]nc(C(=O)NC(C)c2ccccn2)c1N. The molecule has 18 heavy (non-hydrogen) atoms. The zero-order valence-corrected chi connectivity index (χ0v) is 10.3. The Hall–Kier alpha value is -2.37. The minimum Gasteiger partial charge on any atom is -0.395 e. The Morgan fingerprint density at radius 1 is 1.50 bits per heavy atom. The van der Waals surface area contributed by atoms with Gasteiger partial charge in [0.15, 0.2) is 5.69 Å². The van der Waals surface area contributed by atoms with Crippen LogP contribution in [0.3, 0.4) is 0 Å². The Morgan fingerprint density at radius 3 is 2.83 bits per heavy atom. The summed E-state index contributed by atoms with van der Waals surface area (Å²) in [5, 5.41) is 9.36. The maximum Gasteiger partial charge on any atom is 0.274 e. The molecule has 1 unspecified atom stereocenters. The zero-order valence-electron chi connectivity index (χ0n) is 10.3. The predicted octanol–water partition coefficient (Wildman–Crippen LogP) is 1.19. The number of carbonyl (C=O) groups excluding carboxylic acids is 1. The minimum absolute atomic E-state index is 0.199. The molecular weight excluding hydrogens is 230 g/mol. The van der Waals surface area contributed by atoms with E-state index in [0.29, 0.717) is 11.4 Å². The van der Waals surface area contributed by atoms with Crippen molar-refractivity contribution in [3.05, 3.63) is 41.5 Å². The molecule has 0 aromatic carbocycles. The molecule has 2 aromatic rings. The lowest BCUT2D eigenvalue weighted by Crippen LogP contribution is -2.28. The van der Waals surface area contributed by atoms with Crippen LogP contribution in [-0.4, -0.2) is 21.1 Å². The fraction of sp³-hybridized carbons (Fsp3) is 0.250. The van der Waals surface area contributed by atoms with Crippen LogP contribution >= 0.6 is 0 Å². The fourth-order valence-corrected chi connectivity index (χ4v) is 1.58. The van der Waals surface area contributed by atoms with Crippen molar-refractivity contribution >= 4 is 11.6 Å². The number of rotatable bonds is 3. The van der Waals surface area contributed by atoms with Crippen LogP contribution in [-0.2, 0) is 0 Å². The number of hydrogen-bond donors (Lipinski definition) is 3. The number of aryl methyl sites for hydroxylation is 1. The fourth-order valence-electron chi connectivity index (χ4n) is 1.58. The molecule has 4 N–H and O–H groups in total. The minimum atomic E-state index is -0.310. The van der Waals surface area contributed by atoms with Gasteiger partial charge >= 0.3 is 0 Å². The lowest BCUT2D eigenvalue weighted by Gasteiger charge is -2.12. The summed E-state index contributed by atoms with van der Waals surface area (Å²) in [4.78, 5) is 16.1. The molecule has 6 heteroatoms. The molecule has 6 nitrogen and oxygen atoms in total. The summed E-state index contributed by atoms with van der Waals surface area (Å²) in [5.74, 6) is -0.310. The van der Waals surface area contributed by atoms with Crippen molar-refractivity contribution in [1.29, 1.82) is 0 Å². The summed E-state index contributed by atoms with van der Waals surface area (Å²) >= 11 is 0. The van der Waals surface area contributed by atoms with Crippen molar-refractivity contribution in [2.75, 3.05) is 5.73 Å². The number of nitrogens with one attached hydrogen (secondary N) is 2. The van der Waals surface area contributed by atoms with Crippen LogP contribution in [0.15, 0.2) is 24.4 Å². The molecule has 0 saturated heterocycles. The molecule has 2 rings (SSSR count). The van der Waals surface area contributed by atoms with Crippen LogP contribution in [0.5, 0.6) is 0 Å². The molecule has 1 atom stereocenters. The second kappa shape index (κ2) is 4.87. The molecule has 0 spiro atoms. The first-order valence-corrected chi connectivity index (χ1v) is 5.62. The van der Waals surface area contributed by atoms with Crippen molar-refractivity contribution in [3.63, 3.8) is 0 Å². The van der Waals surface area contributed by atoms with Crippen LogP contribution in [0.25, 0.3) is 0 Å². The lowest BCUT2D eigenvalue weighted by atomic mass is 10.2. The van der Waals surface area contributed by atoms with E-state index in [9.17, 15) is 4.79 Å². The molecule has 0 aliphatic carbocycles. The number of aromatic amines is 1. The highest BCUT2D eigenvalue weighted by Gasteiger charge is 2.18. The van der Waals surface area contributed by atoms with E-state index in [1.54, 1.807) is 13.1 Å². The summed E-state index contributed by atoms with van der Waals surface area (Å²) in [6, 6.07) is 5.35. The Bertz CT molecular complexity index is 549. The van der Waals surface area contributed by atoms with Gasteiger partial charge in [-0.15, -0.1) is 0 Å². The van der Waals surface area contributed by atoms with E-state index in [2.05, 4.69) is 20.5 Å². The second-order valence-corrected chi connectivity index (χ2v) is 4.06. The van der Waals surface area contributed by atoms with Gasteiger partial charge in [0.05, 0.1) is 23.1 Å². The number of pyridine rings is 1. The summed E-state index contributed by atoms with van der Waals surface area (Å²) in [5.41, 5.74) is 7.82. The highest BCUT2D eigenvalue weighted by Crippen LogP contribution is 2.14. The van der Waals surface area contributed by atoms with Crippen LogP contribution < -0.4 is 11.1 Å². The van der Waals surface area contributed by atoms with E-state index in [-0.39, 0.29) is 17.6 Å². The number of nitrogen functional groups attached to an aromatic ring is 1. The molecule has 1 amide bonds. The predicted molar refractivity (Wildman–Crippen MR) is 67.9 cm³/mol. The third-order valence-corrected chi connectivity index (χ3v) is 2.69. The maximum atomic E-state index is 12.0. The average molecular weight is 245 g/mol. The number of aromatic nitrogens is 3. The number of H-pyrrole nitrogens is 1. The summed E-state index contributed by atoms with van der Waals surface area (Å²) in [6.07, 6.45) is 1.69. The first-order valence-electron chi connectivity index (χ1n) is 5.62. The van der Waals surface area contributed by atoms with Crippen molar-refractivity contribution in [3.8, 4) is 0 Å². The molecule has 0 radical (unpaired) electrons. The smallest absolute Gasteiger partial charge is 0.274 e. The van der Waals surface area contributed by atoms with Gasteiger partial charge in [0, 0.05) is 6.20 Å². The van der Waals surface area contributed by atoms with Gasteiger partial charge in [-0.1, -0.05) is 6.07 Å². The normalized spacial score (nSPS) is 12.1. The van der Waals surface area contributed by atoms with Crippen LogP contribution in [0.2, 0.25) is 0 Å². The van der Waals surface area contributed by atoms with Crippen LogP contribution in [0.1, 0.15) is 34.8 Å². The Labute approximate surface area is 105 Å². The second-order valence-electron chi connectivity index (χ2n) is 4.06. The molecule has 0 saturated carbocycles. The van der Waals surface area contributed by atoms with Gasteiger partial charge in [0.25, 0.3) is 5.91 Å². The first kappa shape index (κ1) is 12.1. The van der Waals surface area contributed by atoms with E-state index < -0.39 is 0 Å². The van der Waals surface area contributed by atoms with Crippen LogP contribution in [0.4, 0.5) is 5.69 Å². The van der Waals surface area contributed by atoms with E-state index in [1.165, 1.54) is 0 Å². The number of hydrogen-bond acceptors (Lipinski definition) is 4. The van der Waals surface area contributed by atoms with Crippen molar-refractivity contribution in [2.45, 2.75) is 19.9 Å². The molecular formula is C12H15N5O. The summed E-state index contributed by atoms with van der Waals surface area (Å²) in [6.45, 7) is 3.62. The maximum absolute atomic E-state index is 12.0. The molecule has 0 aliphatic heterocycles. The van der Waals surface area contributed by atoms with Gasteiger partial charge in [0.1, 0.15) is 0 Å². The number of nitrogens with two attached hydrogens (primary N) is 1. The third-order valence-electron chi connectivity index (χ3n) is 2.69. The third kappa shape index (κ3) is 2.32. The number of anilines is 1. The molecule has 0 fully saturated rings. The highest BCUT2D eigenvalue weighted by atomic mass is 16.2. The Balaban J connectivity index is 2.11. The molecule has 2 heterocycles. The van der Waals surface area contributed by atoms with Gasteiger partial charge in [-0.25, -0.2) is 0 Å². The van der Waals surface area contributed by atoms with Crippen LogP contribution in [0, 0.1) is 6.92 Å². The van der Waals surface area contributed by atoms with Gasteiger partial charge in [-0.2, -0.15) is 5.10 Å². The monoisotopic (exact) mass is 245 g/mol. The number of nitrogens with zero attached hydrogens (tertiary/aromatic N) is 2.